The number of benzene rings is 1. The second kappa shape index (κ2) is 12.1. The largest absolute Gasteiger partial charge is 0.490 e. The van der Waals surface area contributed by atoms with Crippen molar-refractivity contribution in [3.05, 3.63) is 29.8 Å². The molecule has 1 aromatic rings. The van der Waals surface area contributed by atoms with Crippen molar-refractivity contribution in [1.29, 1.82) is 0 Å². The van der Waals surface area contributed by atoms with Crippen LogP contribution in [0.5, 0.6) is 5.75 Å². The zero-order valence-electron chi connectivity index (χ0n) is 14.1. The Morgan fingerprint density at radius 2 is 1.55 bits per heavy atom. The summed E-state index contributed by atoms with van der Waals surface area (Å²) in [6.07, 6.45) is 10.5. The first kappa shape index (κ1) is 18.5. The van der Waals surface area contributed by atoms with E-state index in [9.17, 15) is 4.79 Å². The van der Waals surface area contributed by atoms with Gasteiger partial charge in [-0.2, -0.15) is 0 Å². The van der Waals surface area contributed by atoms with Crippen molar-refractivity contribution in [3.63, 3.8) is 0 Å². The molecule has 0 saturated carbocycles. The van der Waals surface area contributed by atoms with Crippen LogP contribution in [0.15, 0.2) is 24.3 Å². The third-order valence-corrected chi connectivity index (χ3v) is 3.65. The van der Waals surface area contributed by atoms with Crippen LogP contribution in [0.4, 0.5) is 0 Å². The highest BCUT2D eigenvalue weighted by Crippen LogP contribution is 2.15. The van der Waals surface area contributed by atoms with Crippen LogP contribution in [0.3, 0.4) is 0 Å². The standard InChI is InChI=1S/C19H30O3/c1-3-4-5-6-7-8-9-10-18-11-13-19(14-12-18)22-16-15-21-17(2)20/h11-14H,3-10,15-16H2,1-2H3. The molecule has 3 heteroatoms. The number of hydrogen-bond donors (Lipinski definition) is 0. The molecule has 1 aromatic carbocycles. The van der Waals surface area contributed by atoms with E-state index < -0.39 is 0 Å². The average molecular weight is 306 g/mol. The first-order valence-electron chi connectivity index (χ1n) is 8.57. The smallest absolute Gasteiger partial charge is 0.302 e. The summed E-state index contributed by atoms with van der Waals surface area (Å²) in [5.41, 5.74) is 1.36. The fraction of sp³-hybridized carbons (Fsp3) is 0.632. The molecule has 1 rings (SSSR count). The molecule has 0 aliphatic heterocycles. The number of carbonyl (C=O) groups excluding carboxylic acids is 1. The first-order valence-corrected chi connectivity index (χ1v) is 8.57. The van der Waals surface area contributed by atoms with Gasteiger partial charge in [-0.25, -0.2) is 0 Å². The van der Waals surface area contributed by atoms with Crippen LogP contribution in [0.2, 0.25) is 0 Å². The Bertz CT molecular complexity index is 398. The summed E-state index contributed by atoms with van der Waals surface area (Å²) >= 11 is 0. The molecule has 0 saturated heterocycles. The second-order valence-electron chi connectivity index (χ2n) is 5.70. The maximum Gasteiger partial charge on any atom is 0.302 e. The van der Waals surface area contributed by atoms with E-state index in [4.69, 9.17) is 9.47 Å². The van der Waals surface area contributed by atoms with Crippen molar-refractivity contribution >= 4 is 5.97 Å². The molecule has 0 spiro atoms. The van der Waals surface area contributed by atoms with Gasteiger partial charge >= 0.3 is 5.97 Å². The lowest BCUT2D eigenvalue weighted by atomic mass is 10.0. The first-order chi connectivity index (χ1) is 10.7. The Hall–Kier alpha value is -1.51. The number of aryl methyl sites for hydroxylation is 1. The molecule has 0 heterocycles. The van der Waals surface area contributed by atoms with Crippen LogP contribution in [-0.4, -0.2) is 19.2 Å². The fourth-order valence-electron chi connectivity index (χ4n) is 2.38. The van der Waals surface area contributed by atoms with Gasteiger partial charge in [0.1, 0.15) is 19.0 Å². The highest BCUT2D eigenvalue weighted by molar-refractivity contribution is 5.65. The van der Waals surface area contributed by atoms with Gasteiger partial charge in [0.15, 0.2) is 0 Å². The van der Waals surface area contributed by atoms with Crippen LogP contribution in [-0.2, 0) is 16.0 Å². The van der Waals surface area contributed by atoms with Crippen molar-refractivity contribution in [2.75, 3.05) is 13.2 Å². The topological polar surface area (TPSA) is 35.5 Å². The average Bonchev–Trinajstić information content (AvgIpc) is 2.52. The number of ether oxygens (including phenoxy) is 2. The maximum absolute atomic E-state index is 10.6. The number of hydrogen-bond acceptors (Lipinski definition) is 3. The zero-order valence-corrected chi connectivity index (χ0v) is 14.1. The van der Waals surface area contributed by atoms with Crippen LogP contribution >= 0.6 is 0 Å². The Morgan fingerprint density at radius 1 is 0.909 bits per heavy atom. The highest BCUT2D eigenvalue weighted by atomic mass is 16.6. The van der Waals surface area contributed by atoms with E-state index in [1.54, 1.807) is 0 Å². The van der Waals surface area contributed by atoms with Crippen LogP contribution in [0.1, 0.15) is 64.4 Å². The van der Waals surface area contributed by atoms with Gasteiger partial charge in [-0.3, -0.25) is 4.79 Å². The minimum atomic E-state index is -0.270. The molecule has 0 unspecified atom stereocenters. The minimum Gasteiger partial charge on any atom is -0.490 e. The maximum atomic E-state index is 10.6. The Balaban J connectivity index is 2.09. The van der Waals surface area contributed by atoms with Gasteiger partial charge in [-0.15, -0.1) is 0 Å². The monoisotopic (exact) mass is 306 g/mol. The second-order valence-corrected chi connectivity index (χ2v) is 5.70. The number of unbranched alkanes of at least 4 members (excludes halogenated alkanes) is 6. The van der Waals surface area contributed by atoms with E-state index >= 15 is 0 Å². The van der Waals surface area contributed by atoms with Crippen LogP contribution < -0.4 is 4.74 Å². The van der Waals surface area contributed by atoms with Gasteiger partial charge in [0.2, 0.25) is 0 Å². The molecule has 3 nitrogen and oxygen atoms in total. The molecule has 124 valence electrons. The highest BCUT2D eigenvalue weighted by Gasteiger charge is 1.98. The van der Waals surface area contributed by atoms with Gasteiger partial charge in [0, 0.05) is 6.92 Å². The van der Waals surface area contributed by atoms with E-state index in [2.05, 4.69) is 19.1 Å². The van der Waals surface area contributed by atoms with Crippen molar-refractivity contribution in [2.45, 2.75) is 65.2 Å². The molecular weight excluding hydrogens is 276 g/mol. The van der Waals surface area contributed by atoms with Crippen LogP contribution in [0, 0.1) is 0 Å². The van der Waals surface area contributed by atoms with E-state index in [0.717, 1.165) is 12.2 Å². The molecule has 0 atom stereocenters. The van der Waals surface area contributed by atoms with Crippen molar-refractivity contribution < 1.29 is 14.3 Å². The summed E-state index contributed by atoms with van der Waals surface area (Å²) in [7, 11) is 0. The predicted molar refractivity (Wildman–Crippen MR) is 90.3 cm³/mol. The van der Waals surface area contributed by atoms with Gasteiger partial charge in [-0.05, 0) is 30.5 Å². The molecule has 0 fully saturated rings. The lowest BCUT2D eigenvalue weighted by Gasteiger charge is -2.07. The predicted octanol–water partition coefficient (Wildman–Crippen LogP) is 4.92. The fourth-order valence-corrected chi connectivity index (χ4v) is 2.38. The molecular formula is C19H30O3. The molecule has 0 aromatic heterocycles. The Kier molecular flexibility index (Phi) is 10.2. The lowest BCUT2D eigenvalue weighted by molar-refractivity contribution is -0.141. The van der Waals surface area contributed by atoms with E-state index in [0.29, 0.717) is 13.2 Å². The summed E-state index contributed by atoms with van der Waals surface area (Å²) in [5, 5.41) is 0. The molecule has 22 heavy (non-hydrogen) atoms. The van der Waals surface area contributed by atoms with Gasteiger partial charge in [-0.1, -0.05) is 57.6 Å². The van der Waals surface area contributed by atoms with E-state index in [1.807, 2.05) is 12.1 Å². The summed E-state index contributed by atoms with van der Waals surface area (Å²) < 4.78 is 10.3. The van der Waals surface area contributed by atoms with Crippen LogP contribution in [0.25, 0.3) is 0 Å². The third-order valence-electron chi connectivity index (χ3n) is 3.65. The normalized spacial score (nSPS) is 10.5. The Morgan fingerprint density at radius 3 is 2.18 bits per heavy atom. The Labute approximate surface area is 135 Å². The van der Waals surface area contributed by atoms with Gasteiger partial charge in [0.05, 0.1) is 0 Å². The third kappa shape index (κ3) is 9.43. The van der Waals surface area contributed by atoms with E-state index in [1.165, 1.54) is 57.4 Å². The molecule has 0 N–H and O–H groups in total. The SMILES string of the molecule is CCCCCCCCCc1ccc(OCCOC(C)=O)cc1. The number of esters is 1. The summed E-state index contributed by atoms with van der Waals surface area (Å²) in [6, 6.07) is 8.23. The summed E-state index contributed by atoms with van der Waals surface area (Å²) in [4.78, 5) is 10.6. The van der Waals surface area contributed by atoms with Crippen molar-refractivity contribution in [1.82, 2.24) is 0 Å². The zero-order chi connectivity index (χ0) is 16.0. The van der Waals surface area contributed by atoms with Crippen molar-refractivity contribution in [3.8, 4) is 5.75 Å². The quantitative estimate of drug-likeness (QED) is 0.406. The van der Waals surface area contributed by atoms with E-state index in [-0.39, 0.29) is 5.97 Å². The molecule has 0 bridgehead atoms. The molecule has 0 amide bonds. The molecule has 0 aliphatic rings. The van der Waals surface area contributed by atoms with Gasteiger partial charge < -0.3 is 9.47 Å². The summed E-state index contributed by atoms with van der Waals surface area (Å²) in [6.45, 7) is 4.36. The molecule has 0 aliphatic carbocycles. The minimum absolute atomic E-state index is 0.270. The molecule has 0 radical (unpaired) electrons. The lowest BCUT2D eigenvalue weighted by Crippen LogP contribution is -2.09. The number of carbonyl (C=O) groups is 1. The summed E-state index contributed by atoms with van der Waals surface area (Å²) in [5.74, 6) is 0.559. The van der Waals surface area contributed by atoms with Crippen molar-refractivity contribution in [2.24, 2.45) is 0 Å². The van der Waals surface area contributed by atoms with Gasteiger partial charge in [0.25, 0.3) is 0 Å². The number of rotatable bonds is 12.